The van der Waals surface area contributed by atoms with Crippen molar-refractivity contribution in [2.75, 3.05) is 12.4 Å². The standard InChI is InChI=1S/C10H8F3N3O2/c1-3-4(11)5(12)6(13)8-7(3)14-9(15-8)16-10(17)18-2/h1-2H3,(H2,14,15,16,17). The predicted octanol–water partition coefficient (Wildman–Crippen LogP) is 2.47. The minimum atomic E-state index is -1.59. The summed E-state index contributed by atoms with van der Waals surface area (Å²) in [5, 5.41) is 2.14. The number of ether oxygens (including phenoxy) is 1. The second-order valence-electron chi connectivity index (χ2n) is 3.49. The number of fused-ring (bicyclic) bond motifs is 1. The predicted molar refractivity (Wildman–Crippen MR) is 56.7 cm³/mol. The molecule has 5 nitrogen and oxygen atoms in total. The number of amides is 1. The quantitative estimate of drug-likeness (QED) is 0.773. The molecule has 96 valence electrons. The summed E-state index contributed by atoms with van der Waals surface area (Å²) >= 11 is 0. The van der Waals surface area contributed by atoms with Gasteiger partial charge in [-0.25, -0.2) is 22.9 Å². The number of hydrogen-bond acceptors (Lipinski definition) is 3. The lowest BCUT2D eigenvalue weighted by molar-refractivity contribution is 0.186. The maximum atomic E-state index is 13.4. The van der Waals surface area contributed by atoms with Crippen LogP contribution in [0.15, 0.2) is 0 Å². The first-order valence-electron chi connectivity index (χ1n) is 4.83. The van der Waals surface area contributed by atoms with E-state index in [0.29, 0.717) is 0 Å². The fourth-order valence-electron chi connectivity index (χ4n) is 1.49. The second-order valence-corrected chi connectivity index (χ2v) is 3.49. The van der Waals surface area contributed by atoms with Crippen LogP contribution >= 0.6 is 0 Å². The maximum absolute atomic E-state index is 13.4. The third kappa shape index (κ3) is 1.75. The Hall–Kier alpha value is -2.25. The van der Waals surface area contributed by atoms with E-state index < -0.39 is 23.5 Å². The highest BCUT2D eigenvalue weighted by Crippen LogP contribution is 2.26. The van der Waals surface area contributed by atoms with Crippen LogP contribution in [0.2, 0.25) is 0 Å². The van der Waals surface area contributed by atoms with Crippen LogP contribution in [0.25, 0.3) is 11.0 Å². The minimum absolute atomic E-state index is 0.0993. The molecule has 2 aromatic rings. The molecule has 0 aliphatic heterocycles. The normalized spacial score (nSPS) is 10.7. The van der Waals surface area contributed by atoms with Gasteiger partial charge < -0.3 is 9.72 Å². The lowest BCUT2D eigenvalue weighted by Crippen LogP contribution is -2.11. The van der Waals surface area contributed by atoms with Gasteiger partial charge in [0.05, 0.1) is 12.6 Å². The molecule has 1 aromatic carbocycles. The van der Waals surface area contributed by atoms with Gasteiger partial charge in [0.15, 0.2) is 17.5 Å². The van der Waals surface area contributed by atoms with E-state index >= 15 is 0 Å². The summed E-state index contributed by atoms with van der Waals surface area (Å²) in [6, 6.07) is 0. The molecule has 1 heterocycles. The number of aromatic nitrogens is 2. The van der Waals surface area contributed by atoms with Crippen LogP contribution in [0.3, 0.4) is 0 Å². The first-order chi connectivity index (χ1) is 8.45. The van der Waals surface area contributed by atoms with E-state index in [4.69, 9.17) is 0 Å². The summed E-state index contributed by atoms with van der Waals surface area (Å²) in [6.45, 7) is 1.25. The molecule has 0 bridgehead atoms. The number of H-pyrrole nitrogens is 1. The summed E-state index contributed by atoms with van der Waals surface area (Å²) in [5.74, 6) is -4.45. The summed E-state index contributed by atoms with van der Waals surface area (Å²) in [4.78, 5) is 17.0. The molecule has 8 heteroatoms. The second kappa shape index (κ2) is 4.21. The van der Waals surface area contributed by atoms with Gasteiger partial charge in [-0.1, -0.05) is 0 Å². The molecule has 0 radical (unpaired) electrons. The molecule has 2 N–H and O–H groups in total. The molecular formula is C10H8F3N3O2. The lowest BCUT2D eigenvalue weighted by Gasteiger charge is -2.00. The largest absolute Gasteiger partial charge is 0.453 e. The zero-order valence-electron chi connectivity index (χ0n) is 9.40. The summed E-state index contributed by atoms with van der Waals surface area (Å²) in [7, 11) is 1.13. The number of aromatic amines is 1. The zero-order chi connectivity index (χ0) is 13.4. The van der Waals surface area contributed by atoms with Gasteiger partial charge in [0, 0.05) is 5.56 Å². The third-order valence-electron chi connectivity index (χ3n) is 2.40. The average Bonchev–Trinajstić information content (AvgIpc) is 2.77. The van der Waals surface area contributed by atoms with Crippen molar-refractivity contribution in [3.8, 4) is 0 Å². The monoisotopic (exact) mass is 259 g/mol. The number of imidazole rings is 1. The fourth-order valence-corrected chi connectivity index (χ4v) is 1.49. The Morgan fingerprint density at radius 3 is 2.56 bits per heavy atom. The Bertz CT molecular complexity index is 594. The highest BCUT2D eigenvalue weighted by molar-refractivity contribution is 5.87. The SMILES string of the molecule is COC(=O)Nc1nc2c(C)c(F)c(F)c(F)c2[nH]1. The number of aryl methyl sites for hydroxylation is 1. The van der Waals surface area contributed by atoms with Gasteiger partial charge >= 0.3 is 6.09 Å². The van der Waals surface area contributed by atoms with E-state index in [-0.39, 0.29) is 22.5 Å². The molecule has 0 saturated heterocycles. The number of carbonyl (C=O) groups is 1. The number of nitrogens with zero attached hydrogens (tertiary/aromatic N) is 1. The Morgan fingerprint density at radius 1 is 1.28 bits per heavy atom. The molecule has 0 unspecified atom stereocenters. The van der Waals surface area contributed by atoms with Crippen molar-refractivity contribution in [2.45, 2.75) is 6.92 Å². The maximum Gasteiger partial charge on any atom is 0.413 e. The molecule has 1 aromatic heterocycles. The molecule has 1 amide bonds. The highest BCUT2D eigenvalue weighted by atomic mass is 19.2. The van der Waals surface area contributed by atoms with Crippen molar-refractivity contribution in [1.29, 1.82) is 0 Å². The van der Waals surface area contributed by atoms with Crippen LogP contribution in [0, 0.1) is 24.4 Å². The van der Waals surface area contributed by atoms with E-state index in [1.54, 1.807) is 0 Å². The van der Waals surface area contributed by atoms with Crippen LogP contribution in [-0.2, 0) is 4.74 Å². The highest BCUT2D eigenvalue weighted by Gasteiger charge is 2.21. The Balaban J connectivity index is 2.61. The van der Waals surface area contributed by atoms with E-state index in [9.17, 15) is 18.0 Å². The molecule has 0 aliphatic carbocycles. The van der Waals surface area contributed by atoms with Crippen molar-refractivity contribution >= 4 is 23.1 Å². The van der Waals surface area contributed by atoms with Crippen LogP contribution in [0.1, 0.15) is 5.56 Å². The fraction of sp³-hybridized carbons (Fsp3) is 0.200. The smallest absolute Gasteiger partial charge is 0.413 e. The van der Waals surface area contributed by atoms with E-state index in [0.717, 1.165) is 7.11 Å². The summed E-state index contributed by atoms with van der Waals surface area (Å²) in [5.41, 5.74) is -0.575. The van der Waals surface area contributed by atoms with E-state index in [1.807, 2.05) is 0 Å². The molecule has 0 aliphatic rings. The molecule has 2 rings (SSSR count). The van der Waals surface area contributed by atoms with Gasteiger partial charge in [-0.3, -0.25) is 5.32 Å². The van der Waals surface area contributed by atoms with Crippen LogP contribution < -0.4 is 5.32 Å². The third-order valence-corrected chi connectivity index (χ3v) is 2.40. The van der Waals surface area contributed by atoms with Crippen molar-refractivity contribution in [2.24, 2.45) is 0 Å². The van der Waals surface area contributed by atoms with Crippen LogP contribution in [0.5, 0.6) is 0 Å². The number of nitrogens with one attached hydrogen (secondary N) is 2. The van der Waals surface area contributed by atoms with E-state index in [2.05, 4.69) is 20.0 Å². The van der Waals surface area contributed by atoms with Crippen LogP contribution in [-0.4, -0.2) is 23.2 Å². The van der Waals surface area contributed by atoms with Crippen LogP contribution in [0.4, 0.5) is 23.9 Å². The molecule has 0 fully saturated rings. The number of rotatable bonds is 1. The number of halogens is 3. The summed E-state index contributed by atoms with van der Waals surface area (Å²) in [6.07, 6.45) is -0.840. The number of methoxy groups -OCH3 is 1. The number of benzene rings is 1. The van der Waals surface area contributed by atoms with Gasteiger partial charge in [0.1, 0.15) is 5.52 Å². The minimum Gasteiger partial charge on any atom is -0.453 e. The van der Waals surface area contributed by atoms with Crippen molar-refractivity contribution in [1.82, 2.24) is 9.97 Å². The molecule has 0 spiro atoms. The van der Waals surface area contributed by atoms with E-state index in [1.165, 1.54) is 6.92 Å². The van der Waals surface area contributed by atoms with Crippen molar-refractivity contribution < 1.29 is 22.7 Å². The van der Waals surface area contributed by atoms with Gasteiger partial charge in [-0.2, -0.15) is 0 Å². The summed E-state index contributed by atoms with van der Waals surface area (Å²) < 4.78 is 44.2. The van der Waals surface area contributed by atoms with Gasteiger partial charge in [-0.05, 0) is 6.92 Å². The molecular weight excluding hydrogens is 251 g/mol. The molecule has 18 heavy (non-hydrogen) atoms. The molecule has 0 atom stereocenters. The van der Waals surface area contributed by atoms with Gasteiger partial charge in [-0.15, -0.1) is 0 Å². The van der Waals surface area contributed by atoms with Crippen molar-refractivity contribution in [3.63, 3.8) is 0 Å². The Morgan fingerprint density at radius 2 is 1.94 bits per heavy atom. The molecule has 0 saturated carbocycles. The first kappa shape index (κ1) is 12.2. The number of hydrogen-bond donors (Lipinski definition) is 2. The topological polar surface area (TPSA) is 67.0 Å². The average molecular weight is 259 g/mol. The number of anilines is 1. The van der Waals surface area contributed by atoms with Gasteiger partial charge in [0.2, 0.25) is 5.95 Å². The Kier molecular flexibility index (Phi) is 2.85. The Labute approximate surface area is 99.0 Å². The zero-order valence-corrected chi connectivity index (χ0v) is 9.40. The van der Waals surface area contributed by atoms with Gasteiger partial charge in [0.25, 0.3) is 0 Å². The lowest BCUT2D eigenvalue weighted by atomic mass is 10.2. The van der Waals surface area contributed by atoms with Crippen molar-refractivity contribution in [3.05, 3.63) is 23.0 Å². The number of carbonyl (C=O) groups excluding carboxylic acids is 1. The first-order valence-corrected chi connectivity index (χ1v) is 4.83.